The van der Waals surface area contributed by atoms with Crippen molar-refractivity contribution in [3.63, 3.8) is 0 Å². The molecule has 0 aliphatic heterocycles. The summed E-state index contributed by atoms with van der Waals surface area (Å²) >= 11 is 0. The lowest BCUT2D eigenvalue weighted by Crippen LogP contribution is -2.45. The van der Waals surface area contributed by atoms with Crippen LogP contribution in [0, 0.1) is 11.7 Å². The van der Waals surface area contributed by atoms with Crippen molar-refractivity contribution in [2.24, 2.45) is 11.7 Å². The Morgan fingerprint density at radius 1 is 1.39 bits per heavy atom. The van der Waals surface area contributed by atoms with Gasteiger partial charge >= 0.3 is 0 Å². The minimum Gasteiger partial charge on any atom is -0.348 e. The number of hydrogen-bond acceptors (Lipinski definition) is 2. The molecular weight excluding hydrogens is 231 g/mol. The SMILES string of the molecule is CCC(C)C(N)C(=O)NC(C)c1ccccc1F. The van der Waals surface area contributed by atoms with Gasteiger partial charge in [0.25, 0.3) is 0 Å². The summed E-state index contributed by atoms with van der Waals surface area (Å²) < 4.78 is 13.5. The summed E-state index contributed by atoms with van der Waals surface area (Å²) in [6.45, 7) is 5.66. The molecule has 0 aromatic heterocycles. The Balaban J connectivity index is 2.68. The molecule has 1 amide bonds. The second kappa shape index (κ2) is 6.50. The standard InChI is InChI=1S/C14H21FN2O/c1-4-9(2)13(16)14(18)17-10(3)11-7-5-6-8-12(11)15/h5-10,13H,4,16H2,1-3H3,(H,17,18). The van der Waals surface area contributed by atoms with Crippen molar-refractivity contribution in [1.29, 1.82) is 0 Å². The van der Waals surface area contributed by atoms with Crippen LogP contribution >= 0.6 is 0 Å². The zero-order chi connectivity index (χ0) is 13.7. The lowest BCUT2D eigenvalue weighted by molar-refractivity contribution is -0.124. The molecule has 0 spiro atoms. The molecular formula is C14H21FN2O. The number of benzene rings is 1. The van der Waals surface area contributed by atoms with Gasteiger partial charge in [-0.25, -0.2) is 4.39 Å². The maximum absolute atomic E-state index is 13.5. The number of amides is 1. The molecule has 1 rings (SSSR count). The van der Waals surface area contributed by atoms with Gasteiger partial charge in [0.2, 0.25) is 5.91 Å². The largest absolute Gasteiger partial charge is 0.348 e. The van der Waals surface area contributed by atoms with Gasteiger partial charge in [0.15, 0.2) is 0 Å². The van der Waals surface area contributed by atoms with E-state index in [1.165, 1.54) is 6.07 Å². The molecule has 3 atom stereocenters. The van der Waals surface area contributed by atoms with E-state index in [9.17, 15) is 9.18 Å². The van der Waals surface area contributed by atoms with Gasteiger partial charge < -0.3 is 11.1 Å². The monoisotopic (exact) mass is 252 g/mol. The van der Waals surface area contributed by atoms with Gasteiger partial charge in [-0.1, -0.05) is 38.5 Å². The van der Waals surface area contributed by atoms with Crippen LogP contribution in [0.2, 0.25) is 0 Å². The van der Waals surface area contributed by atoms with Gasteiger partial charge in [0.05, 0.1) is 12.1 Å². The fourth-order valence-electron chi connectivity index (χ4n) is 1.73. The van der Waals surface area contributed by atoms with Crippen LogP contribution in [0.4, 0.5) is 4.39 Å². The van der Waals surface area contributed by atoms with Crippen LogP contribution in [0.1, 0.15) is 38.8 Å². The summed E-state index contributed by atoms with van der Waals surface area (Å²) in [5.41, 5.74) is 6.30. The summed E-state index contributed by atoms with van der Waals surface area (Å²) in [6, 6.07) is 5.48. The first-order chi connectivity index (χ1) is 8.47. The predicted octanol–water partition coefficient (Wildman–Crippen LogP) is 2.38. The molecule has 3 nitrogen and oxygen atoms in total. The Kier molecular flexibility index (Phi) is 5.28. The topological polar surface area (TPSA) is 55.1 Å². The number of rotatable bonds is 5. The summed E-state index contributed by atoms with van der Waals surface area (Å²) in [4.78, 5) is 11.9. The van der Waals surface area contributed by atoms with Crippen molar-refractivity contribution in [3.8, 4) is 0 Å². The van der Waals surface area contributed by atoms with E-state index in [2.05, 4.69) is 5.32 Å². The third-order valence-electron chi connectivity index (χ3n) is 3.29. The molecule has 0 aliphatic rings. The molecule has 100 valence electrons. The van der Waals surface area contributed by atoms with Crippen molar-refractivity contribution < 1.29 is 9.18 Å². The van der Waals surface area contributed by atoms with E-state index in [4.69, 9.17) is 5.73 Å². The fourth-order valence-corrected chi connectivity index (χ4v) is 1.73. The summed E-state index contributed by atoms with van der Waals surface area (Å²) in [7, 11) is 0. The van der Waals surface area contributed by atoms with E-state index >= 15 is 0 Å². The van der Waals surface area contributed by atoms with Crippen LogP contribution in [0.3, 0.4) is 0 Å². The van der Waals surface area contributed by atoms with Crippen molar-refractivity contribution >= 4 is 5.91 Å². The Labute approximate surface area is 108 Å². The molecule has 4 heteroatoms. The van der Waals surface area contributed by atoms with Gasteiger partial charge in [-0.15, -0.1) is 0 Å². The third-order valence-corrected chi connectivity index (χ3v) is 3.29. The maximum atomic E-state index is 13.5. The molecule has 0 aliphatic carbocycles. The van der Waals surface area contributed by atoms with Crippen LogP contribution in [0.15, 0.2) is 24.3 Å². The quantitative estimate of drug-likeness (QED) is 0.845. The van der Waals surface area contributed by atoms with Crippen LogP contribution in [0.5, 0.6) is 0 Å². The highest BCUT2D eigenvalue weighted by Crippen LogP contribution is 2.16. The van der Waals surface area contributed by atoms with E-state index in [1.807, 2.05) is 13.8 Å². The van der Waals surface area contributed by atoms with Crippen molar-refractivity contribution in [1.82, 2.24) is 5.32 Å². The first-order valence-corrected chi connectivity index (χ1v) is 6.27. The number of hydrogen-bond donors (Lipinski definition) is 2. The molecule has 0 fully saturated rings. The van der Waals surface area contributed by atoms with Crippen LogP contribution < -0.4 is 11.1 Å². The average molecular weight is 252 g/mol. The van der Waals surface area contributed by atoms with Crippen molar-refractivity contribution in [2.75, 3.05) is 0 Å². The molecule has 0 saturated heterocycles. The molecule has 0 bridgehead atoms. The first kappa shape index (κ1) is 14.6. The molecule has 0 heterocycles. The number of nitrogens with one attached hydrogen (secondary N) is 1. The van der Waals surface area contributed by atoms with Crippen molar-refractivity contribution in [2.45, 2.75) is 39.3 Å². The minimum atomic E-state index is -0.552. The zero-order valence-electron chi connectivity index (χ0n) is 11.1. The van der Waals surface area contributed by atoms with Gasteiger partial charge in [0, 0.05) is 5.56 Å². The van der Waals surface area contributed by atoms with Gasteiger partial charge in [-0.2, -0.15) is 0 Å². The summed E-state index contributed by atoms with van der Waals surface area (Å²) in [5.74, 6) is -0.444. The van der Waals surface area contributed by atoms with E-state index in [-0.39, 0.29) is 23.7 Å². The first-order valence-electron chi connectivity index (χ1n) is 6.27. The summed E-state index contributed by atoms with van der Waals surface area (Å²) in [6.07, 6.45) is 0.836. The lowest BCUT2D eigenvalue weighted by atomic mass is 9.98. The Bertz CT molecular complexity index is 409. The second-order valence-corrected chi connectivity index (χ2v) is 4.66. The average Bonchev–Trinajstić information content (AvgIpc) is 2.37. The zero-order valence-corrected chi connectivity index (χ0v) is 11.1. The van der Waals surface area contributed by atoms with Gasteiger partial charge in [-0.3, -0.25) is 4.79 Å². The highest BCUT2D eigenvalue weighted by Gasteiger charge is 2.21. The van der Waals surface area contributed by atoms with Crippen molar-refractivity contribution in [3.05, 3.63) is 35.6 Å². The number of carbonyl (C=O) groups is 1. The lowest BCUT2D eigenvalue weighted by Gasteiger charge is -2.21. The number of carbonyl (C=O) groups excluding carboxylic acids is 1. The Morgan fingerprint density at radius 2 is 2.00 bits per heavy atom. The molecule has 3 N–H and O–H groups in total. The third kappa shape index (κ3) is 3.53. The Hall–Kier alpha value is -1.42. The van der Waals surface area contributed by atoms with Crippen LogP contribution in [-0.4, -0.2) is 11.9 Å². The highest BCUT2D eigenvalue weighted by molar-refractivity contribution is 5.82. The van der Waals surface area contributed by atoms with E-state index in [1.54, 1.807) is 25.1 Å². The van der Waals surface area contributed by atoms with E-state index in [0.717, 1.165) is 6.42 Å². The highest BCUT2D eigenvalue weighted by atomic mass is 19.1. The predicted molar refractivity (Wildman–Crippen MR) is 70.4 cm³/mol. The molecule has 0 radical (unpaired) electrons. The minimum absolute atomic E-state index is 0.109. The molecule has 1 aromatic rings. The Morgan fingerprint density at radius 3 is 2.56 bits per heavy atom. The molecule has 18 heavy (non-hydrogen) atoms. The smallest absolute Gasteiger partial charge is 0.237 e. The summed E-state index contributed by atoms with van der Waals surface area (Å²) in [5, 5.41) is 2.75. The van der Waals surface area contributed by atoms with Gasteiger partial charge in [0.1, 0.15) is 5.82 Å². The van der Waals surface area contributed by atoms with E-state index in [0.29, 0.717) is 5.56 Å². The van der Waals surface area contributed by atoms with Crippen LogP contribution in [-0.2, 0) is 4.79 Å². The van der Waals surface area contributed by atoms with Crippen LogP contribution in [0.25, 0.3) is 0 Å². The van der Waals surface area contributed by atoms with Gasteiger partial charge in [-0.05, 0) is 18.9 Å². The molecule has 3 unspecified atom stereocenters. The number of nitrogens with two attached hydrogens (primary N) is 1. The fraction of sp³-hybridized carbons (Fsp3) is 0.500. The van der Waals surface area contributed by atoms with E-state index < -0.39 is 6.04 Å². The molecule has 0 saturated carbocycles. The second-order valence-electron chi connectivity index (χ2n) is 4.66. The normalized spacial score (nSPS) is 15.8. The maximum Gasteiger partial charge on any atom is 0.237 e. The molecule has 1 aromatic carbocycles. The number of halogens is 1.